The Morgan fingerprint density at radius 2 is 2.17 bits per heavy atom. The number of thiophene rings is 1. The van der Waals surface area contributed by atoms with Crippen LogP contribution in [0.15, 0.2) is 16.8 Å². The van der Waals surface area contributed by atoms with E-state index in [1.54, 1.807) is 11.3 Å². The average molecular weight is 266 g/mol. The molecule has 1 fully saturated rings. The number of carbonyl (C=O) groups is 1. The summed E-state index contributed by atoms with van der Waals surface area (Å²) in [6.45, 7) is 1.42. The molecule has 1 aromatic rings. The molecule has 4 heteroatoms. The van der Waals surface area contributed by atoms with Gasteiger partial charge in [0.15, 0.2) is 0 Å². The summed E-state index contributed by atoms with van der Waals surface area (Å²) < 4.78 is 0. The molecule has 1 saturated carbocycles. The van der Waals surface area contributed by atoms with Crippen LogP contribution in [0.4, 0.5) is 4.79 Å². The van der Waals surface area contributed by atoms with Gasteiger partial charge in [-0.2, -0.15) is 11.3 Å². The van der Waals surface area contributed by atoms with E-state index in [-0.39, 0.29) is 6.03 Å². The lowest BCUT2D eigenvalue weighted by molar-refractivity contribution is 0.240. The van der Waals surface area contributed by atoms with Crippen LogP contribution < -0.4 is 10.6 Å². The first-order chi connectivity index (χ1) is 8.84. The Balaban J connectivity index is 1.49. The lowest BCUT2D eigenvalue weighted by Crippen LogP contribution is -2.35. The fourth-order valence-electron chi connectivity index (χ4n) is 2.53. The number of hydrogen-bond acceptors (Lipinski definition) is 2. The molecule has 0 bridgehead atoms. The summed E-state index contributed by atoms with van der Waals surface area (Å²) in [6.07, 6.45) is 7.97. The number of carbonyl (C=O) groups excluding carboxylic acids is 1. The van der Waals surface area contributed by atoms with E-state index in [1.807, 2.05) is 11.4 Å². The fraction of sp³-hybridized carbons (Fsp3) is 0.643. The van der Waals surface area contributed by atoms with Crippen molar-refractivity contribution in [1.82, 2.24) is 10.6 Å². The molecule has 2 N–H and O–H groups in total. The van der Waals surface area contributed by atoms with Crippen LogP contribution in [-0.4, -0.2) is 12.6 Å². The van der Waals surface area contributed by atoms with Gasteiger partial charge < -0.3 is 10.6 Å². The van der Waals surface area contributed by atoms with Gasteiger partial charge in [0.05, 0.1) is 0 Å². The van der Waals surface area contributed by atoms with Crippen LogP contribution in [0.5, 0.6) is 0 Å². The maximum absolute atomic E-state index is 11.5. The minimum absolute atomic E-state index is 0.0485. The van der Waals surface area contributed by atoms with E-state index in [9.17, 15) is 4.79 Å². The molecule has 2 amide bonds. The van der Waals surface area contributed by atoms with Crippen LogP contribution in [0, 0.1) is 5.92 Å². The molecule has 2 rings (SSSR count). The number of urea groups is 1. The standard InChI is InChI=1S/C14H22N2OS/c17-14(16-10-13-7-9-18-11-13)15-8-3-6-12-4-1-2-5-12/h7,9,11-12H,1-6,8,10H2,(H2,15,16,17). The molecule has 0 saturated heterocycles. The highest BCUT2D eigenvalue weighted by atomic mass is 32.1. The second-order valence-electron chi connectivity index (χ2n) is 5.03. The molecule has 0 aromatic carbocycles. The molecule has 3 nitrogen and oxygen atoms in total. The topological polar surface area (TPSA) is 41.1 Å². The van der Waals surface area contributed by atoms with Crippen LogP contribution in [0.25, 0.3) is 0 Å². The molecule has 0 radical (unpaired) electrons. The van der Waals surface area contributed by atoms with E-state index in [2.05, 4.69) is 16.0 Å². The first-order valence-electron chi connectivity index (χ1n) is 6.87. The minimum Gasteiger partial charge on any atom is -0.338 e. The number of nitrogens with one attached hydrogen (secondary N) is 2. The van der Waals surface area contributed by atoms with Crippen molar-refractivity contribution < 1.29 is 4.79 Å². The van der Waals surface area contributed by atoms with Gasteiger partial charge >= 0.3 is 6.03 Å². The van der Waals surface area contributed by atoms with E-state index < -0.39 is 0 Å². The molecule has 1 aliphatic carbocycles. The first-order valence-corrected chi connectivity index (χ1v) is 7.81. The summed E-state index contributed by atoms with van der Waals surface area (Å²) in [6, 6.07) is 1.98. The summed E-state index contributed by atoms with van der Waals surface area (Å²) in [7, 11) is 0. The predicted molar refractivity (Wildman–Crippen MR) is 75.7 cm³/mol. The quantitative estimate of drug-likeness (QED) is 0.760. The van der Waals surface area contributed by atoms with Crippen molar-refractivity contribution in [2.45, 2.75) is 45.1 Å². The van der Waals surface area contributed by atoms with Crippen molar-refractivity contribution in [3.8, 4) is 0 Å². The second kappa shape index (κ2) is 7.41. The third-order valence-corrected chi connectivity index (χ3v) is 4.31. The van der Waals surface area contributed by atoms with Crippen molar-refractivity contribution >= 4 is 17.4 Å². The Morgan fingerprint density at radius 3 is 2.89 bits per heavy atom. The summed E-state index contributed by atoms with van der Waals surface area (Å²) in [4.78, 5) is 11.5. The molecule has 0 spiro atoms. The van der Waals surface area contributed by atoms with E-state index in [0.29, 0.717) is 6.54 Å². The van der Waals surface area contributed by atoms with Crippen molar-refractivity contribution in [3.05, 3.63) is 22.4 Å². The Bertz CT molecular complexity index is 345. The lowest BCUT2D eigenvalue weighted by Gasteiger charge is -2.10. The predicted octanol–water partition coefficient (Wildman–Crippen LogP) is 3.52. The zero-order chi connectivity index (χ0) is 12.6. The second-order valence-corrected chi connectivity index (χ2v) is 5.81. The van der Waals surface area contributed by atoms with Gasteiger partial charge in [0.25, 0.3) is 0 Å². The third-order valence-electron chi connectivity index (χ3n) is 3.58. The van der Waals surface area contributed by atoms with E-state index in [1.165, 1.54) is 37.7 Å². The number of hydrogen-bond donors (Lipinski definition) is 2. The van der Waals surface area contributed by atoms with Gasteiger partial charge in [-0.05, 0) is 41.1 Å². The molecule has 18 heavy (non-hydrogen) atoms. The first kappa shape index (κ1) is 13.4. The van der Waals surface area contributed by atoms with Gasteiger partial charge in [-0.1, -0.05) is 25.7 Å². The average Bonchev–Trinajstić information content (AvgIpc) is 3.04. The minimum atomic E-state index is -0.0485. The highest BCUT2D eigenvalue weighted by molar-refractivity contribution is 7.07. The zero-order valence-electron chi connectivity index (χ0n) is 10.8. The monoisotopic (exact) mass is 266 g/mol. The zero-order valence-corrected chi connectivity index (χ0v) is 11.6. The van der Waals surface area contributed by atoms with Gasteiger partial charge in [0, 0.05) is 13.1 Å². The van der Waals surface area contributed by atoms with Gasteiger partial charge in [-0.25, -0.2) is 4.79 Å². The Labute approximate surface area is 113 Å². The summed E-state index contributed by atoms with van der Waals surface area (Å²) in [5.74, 6) is 0.917. The molecule has 100 valence electrons. The van der Waals surface area contributed by atoms with Crippen LogP contribution in [-0.2, 0) is 6.54 Å². The van der Waals surface area contributed by atoms with E-state index in [4.69, 9.17) is 0 Å². The SMILES string of the molecule is O=C(NCCCC1CCCC1)NCc1ccsc1. The van der Waals surface area contributed by atoms with Gasteiger partial charge in [0.1, 0.15) is 0 Å². The third kappa shape index (κ3) is 4.69. The molecular weight excluding hydrogens is 244 g/mol. The molecule has 0 unspecified atom stereocenters. The Kier molecular flexibility index (Phi) is 5.52. The van der Waals surface area contributed by atoms with E-state index >= 15 is 0 Å². The highest BCUT2D eigenvalue weighted by Gasteiger charge is 2.14. The molecule has 1 aliphatic rings. The maximum atomic E-state index is 11.5. The van der Waals surface area contributed by atoms with Crippen LogP contribution in [0.3, 0.4) is 0 Å². The van der Waals surface area contributed by atoms with E-state index in [0.717, 1.165) is 18.9 Å². The normalized spacial score (nSPS) is 15.8. The summed E-state index contributed by atoms with van der Waals surface area (Å²) >= 11 is 1.66. The number of rotatable bonds is 6. The molecule has 0 atom stereocenters. The molecule has 1 heterocycles. The Hall–Kier alpha value is -1.03. The molecule has 0 aliphatic heterocycles. The highest BCUT2D eigenvalue weighted by Crippen LogP contribution is 2.28. The van der Waals surface area contributed by atoms with Crippen molar-refractivity contribution in [1.29, 1.82) is 0 Å². The fourth-order valence-corrected chi connectivity index (χ4v) is 3.20. The van der Waals surface area contributed by atoms with Crippen molar-refractivity contribution in [3.63, 3.8) is 0 Å². The Morgan fingerprint density at radius 1 is 1.33 bits per heavy atom. The van der Waals surface area contributed by atoms with Gasteiger partial charge in [-0.3, -0.25) is 0 Å². The van der Waals surface area contributed by atoms with Crippen LogP contribution in [0.2, 0.25) is 0 Å². The van der Waals surface area contributed by atoms with Crippen LogP contribution >= 0.6 is 11.3 Å². The maximum Gasteiger partial charge on any atom is 0.315 e. The van der Waals surface area contributed by atoms with Crippen molar-refractivity contribution in [2.24, 2.45) is 5.92 Å². The summed E-state index contributed by atoms with van der Waals surface area (Å²) in [5, 5.41) is 9.87. The van der Waals surface area contributed by atoms with Crippen molar-refractivity contribution in [2.75, 3.05) is 6.54 Å². The van der Waals surface area contributed by atoms with Gasteiger partial charge in [0.2, 0.25) is 0 Å². The smallest absolute Gasteiger partial charge is 0.315 e. The van der Waals surface area contributed by atoms with Gasteiger partial charge in [-0.15, -0.1) is 0 Å². The largest absolute Gasteiger partial charge is 0.338 e. The van der Waals surface area contributed by atoms with Crippen LogP contribution in [0.1, 0.15) is 44.1 Å². The number of amides is 2. The summed E-state index contributed by atoms with van der Waals surface area (Å²) in [5.41, 5.74) is 1.17. The molecular formula is C14H22N2OS. The lowest BCUT2D eigenvalue weighted by atomic mass is 10.0. The molecule has 1 aromatic heterocycles.